The van der Waals surface area contributed by atoms with Crippen LogP contribution in [0, 0.1) is 19.7 Å². The second-order valence-corrected chi connectivity index (χ2v) is 9.48. The Bertz CT molecular complexity index is 1500. The Hall–Kier alpha value is -4.12. The van der Waals surface area contributed by atoms with Crippen LogP contribution in [0.15, 0.2) is 72.8 Å². The first-order valence-corrected chi connectivity index (χ1v) is 13.1. The summed E-state index contributed by atoms with van der Waals surface area (Å²) < 4.78 is 72.4. The van der Waals surface area contributed by atoms with Crippen molar-refractivity contribution in [2.45, 2.75) is 20.0 Å². The van der Waals surface area contributed by atoms with E-state index in [-0.39, 0.29) is 11.5 Å². The van der Waals surface area contributed by atoms with Crippen molar-refractivity contribution in [3.8, 4) is 22.4 Å². The third kappa shape index (κ3) is 6.71. The number of benzene rings is 3. The number of piperazine rings is 1. The lowest BCUT2D eigenvalue weighted by Crippen LogP contribution is -2.47. The highest BCUT2D eigenvalue weighted by molar-refractivity contribution is 7.51. The van der Waals surface area contributed by atoms with Crippen molar-refractivity contribution >= 4 is 23.1 Å². The van der Waals surface area contributed by atoms with Crippen LogP contribution in [0.3, 0.4) is 0 Å². The summed E-state index contributed by atoms with van der Waals surface area (Å²) in [7, 11) is 0. The van der Waals surface area contributed by atoms with Gasteiger partial charge in [0, 0.05) is 37.4 Å². The zero-order valence-corrected chi connectivity index (χ0v) is 22.6. The fraction of sp³-hybridized carbons (Fsp3) is 0.241. The average molecular weight is 571 g/mol. The third-order valence-corrected chi connectivity index (χ3v) is 6.55. The molecule has 4 aromatic rings. The van der Waals surface area contributed by atoms with Crippen LogP contribution in [0.25, 0.3) is 22.4 Å². The summed E-state index contributed by atoms with van der Waals surface area (Å²) in [4.78, 5) is 12.2. The van der Waals surface area contributed by atoms with Gasteiger partial charge in [0.15, 0.2) is 0 Å². The van der Waals surface area contributed by atoms with Crippen molar-refractivity contribution in [1.82, 2.24) is 9.97 Å². The summed E-state index contributed by atoms with van der Waals surface area (Å²) >= 11 is -0.750. The Morgan fingerprint density at radius 3 is 1.90 bits per heavy atom. The largest absolute Gasteiger partial charge is 0.451 e. The van der Waals surface area contributed by atoms with E-state index in [0.717, 1.165) is 16.8 Å². The van der Waals surface area contributed by atoms with Gasteiger partial charge in [0.2, 0.25) is 5.82 Å². The van der Waals surface area contributed by atoms with Gasteiger partial charge in [-0.3, -0.25) is 0 Å². The maximum absolute atomic E-state index is 14.0. The summed E-state index contributed by atoms with van der Waals surface area (Å²) in [6, 6.07) is 21.1. The Labute approximate surface area is 232 Å². The fourth-order valence-electron chi connectivity index (χ4n) is 4.61. The van der Waals surface area contributed by atoms with Crippen LogP contribution < -0.4 is 9.80 Å². The number of nitrogens with zero attached hydrogens (tertiary/aromatic N) is 4. The molecule has 2 heterocycles. The predicted molar refractivity (Wildman–Crippen MR) is 147 cm³/mol. The van der Waals surface area contributed by atoms with Crippen molar-refractivity contribution in [3.05, 3.63) is 95.6 Å². The SMILES string of the molecule is Cc1ccc(-c2nc(C(F)(F)F)nc(N3CCN(c4cccc(C)c4)CC3)c2-c2ccc(F)cc2)cc1.O=S=O. The minimum Gasteiger partial charge on any atom is -0.368 e. The van der Waals surface area contributed by atoms with Crippen molar-refractivity contribution < 1.29 is 26.0 Å². The summed E-state index contributed by atoms with van der Waals surface area (Å²) in [6.07, 6.45) is -4.72. The van der Waals surface area contributed by atoms with E-state index in [1.165, 1.54) is 12.1 Å². The molecule has 0 radical (unpaired) electrons. The molecule has 1 aliphatic heterocycles. The molecule has 6 nitrogen and oxygen atoms in total. The van der Waals surface area contributed by atoms with Crippen LogP contribution in [0.4, 0.5) is 29.1 Å². The van der Waals surface area contributed by atoms with Gasteiger partial charge in [-0.25, -0.2) is 14.4 Å². The Morgan fingerprint density at radius 1 is 0.750 bits per heavy atom. The zero-order valence-electron chi connectivity index (χ0n) is 21.8. The number of aryl methyl sites for hydroxylation is 2. The first kappa shape index (κ1) is 28.9. The molecule has 3 aromatic carbocycles. The second-order valence-electron chi connectivity index (χ2n) is 9.35. The molecule has 0 aliphatic carbocycles. The number of aromatic nitrogens is 2. The Balaban J connectivity index is 0.00000118. The van der Waals surface area contributed by atoms with E-state index in [1.807, 2.05) is 49.1 Å². The molecular weight excluding hydrogens is 544 g/mol. The van der Waals surface area contributed by atoms with E-state index >= 15 is 0 Å². The molecule has 1 aliphatic rings. The van der Waals surface area contributed by atoms with Gasteiger partial charge >= 0.3 is 17.7 Å². The van der Waals surface area contributed by atoms with Gasteiger partial charge in [-0.05, 0) is 49.2 Å². The van der Waals surface area contributed by atoms with Gasteiger partial charge in [-0.1, -0.05) is 54.1 Å². The molecule has 1 aromatic heterocycles. The third-order valence-electron chi connectivity index (χ3n) is 6.55. The molecule has 0 amide bonds. The molecule has 0 bridgehead atoms. The van der Waals surface area contributed by atoms with Gasteiger partial charge in [-0.2, -0.15) is 21.6 Å². The molecule has 0 atom stereocenters. The van der Waals surface area contributed by atoms with Gasteiger partial charge in [0.25, 0.3) is 0 Å². The van der Waals surface area contributed by atoms with E-state index in [9.17, 15) is 17.6 Å². The second kappa shape index (κ2) is 12.4. The van der Waals surface area contributed by atoms with Crippen molar-refractivity contribution in [2.24, 2.45) is 0 Å². The molecule has 1 saturated heterocycles. The molecule has 1 fully saturated rings. The maximum Gasteiger partial charge on any atom is 0.451 e. The molecular formula is C29H26F4N4O2S. The van der Waals surface area contributed by atoms with Gasteiger partial charge < -0.3 is 9.80 Å². The van der Waals surface area contributed by atoms with Crippen LogP contribution >= 0.6 is 0 Å². The molecule has 0 saturated carbocycles. The summed E-state index contributed by atoms with van der Waals surface area (Å²) in [6.45, 7) is 6.13. The first-order chi connectivity index (χ1) is 19.1. The van der Waals surface area contributed by atoms with Crippen LogP contribution in [0.5, 0.6) is 0 Å². The van der Waals surface area contributed by atoms with Crippen molar-refractivity contribution in [3.63, 3.8) is 0 Å². The number of hydrogen-bond acceptors (Lipinski definition) is 6. The highest BCUT2D eigenvalue weighted by atomic mass is 32.1. The lowest BCUT2D eigenvalue weighted by Gasteiger charge is -2.38. The van der Waals surface area contributed by atoms with E-state index in [2.05, 4.69) is 20.9 Å². The molecule has 11 heteroatoms. The highest BCUT2D eigenvalue weighted by Gasteiger charge is 2.38. The predicted octanol–water partition coefficient (Wildman–Crippen LogP) is 6.24. The number of anilines is 2. The van der Waals surface area contributed by atoms with E-state index in [0.29, 0.717) is 42.9 Å². The van der Waals surface area contributed by atoms with E-state index in [4.69, 9.17) is 8.42 Å². The first-order valence-electron chi connectivity index (χ1n) is 12.4. The Morgan fingerprint density at radius 2 is 1.32 bits per heavy atom. The molecule has 0 spiro atoms. The quantitative estimate of drug-likeness (QED) is 0.271. The smallest absolute Gasteiger partial charge is 0.368 e. The normalized spacial score (nSPS) is 13.4. The Kier molecular flexibility index (Phi) is 8.93. The lowest BCUT2D eigenvalue weighted by molar-refractivity contribution is -0.144. The average Bonchev–Trinajstić information content (AvgIpc) is 2.93. The zero-order chi connectivity index (χ0) is 28.9. The lowest BCUT2D eigenvalue weighted by atomic mass is 9.98. The molecule has 208 valence electrons. The van der Waals surface area contributed by atoms with Gasteiger partial charge in [0.05, 0.1) is 11.3 Å². The van der Waals surface area contributed by atoms with Crippen LogP contribution in [0.2, 0.25) is 0 Å². The number of hydrogen-bond donors (Lipinski definition) is 0. The molecule has 0 unspecified atom stereocenters. The summed E-state index contributed by atoms with van der Waals surface area (Å²) in [5, 5.41) is 0. The van der Waals surface area contributed by atoms with Crippen LogP contribution in [-0.4, -0.2) is 44.6 Å². The fourth-order valence-corrected chi connectivity index (χ4v) is 4.61. The van der Waals surface area contributed by atoms with Crippen molar-refractivity contribution in [2.75, 3.05) is 36.0 Å². The van der Waals surface area contributed by atoms with Crippen LogP contribution in [0.1, 0.15) is 17.0 Å². The van der Waals surface area contributed by atoms with E-state index in [1.54, 1.807) is 24.3 Å². The maximum atomic E-state index is 14.0. The van der Waals surface area contributed by atoms with Gasteiger partial charge in [0.1, 0.15) is 11.6 Å². The number of rotatable bonds is 4. The molecule has 5 rings (SSSR count). The molecule has 40 heavy (non-hydrogen) atoms. The highest BCUT2D eigenvalue weighted by Crippen LogP contribution is 2.41. The monoisotopic (exact) mass is 570 g/mol. The standard InChI is InChI=1S/C29H26F4N4.O2S/c1-19-6-8-22(9-7-19)26-25(21-10-12-23(30)13-11-21)27(35-28(34-26)29(31,32)33)37-16-14-36(15-17-37)24-5-3-4-20(2)18-24;1-3-2/h3-13,18H,14-17H2,1-2H3;. The topological polar surface area (TPSA) is 66.4 Å². The molecule has 0 N–H and O–H groups in total. The van der Waals surface area contributed by atoms with Gasteiger partial charge in [-0.15, -0.1) is 0 Å². The van der Waals surface area contributed by atoms with E-state index < -0.39 is 29.4 Å². The summed E-state index contributed by atoms with van der Waals surface area (Å²) in [5.41, 5.74) is 4.93. The number of halogens is 4. The van der Waals surface area contributed by atoms with Crippen LogP contribution in [-0.2, 0) is 17.7 Å². The summed E-state index contributed by atoms with van der Waals surface area (Å²) in [5.74, 6) is -1.42. The minimum absolute atomic E-state index is 0.171. The minimum atomic E-state index is -4.72. The number of alkyl halides is 3. The van der Waals surface area contributed by atoms with Crippen molar-refractivity contribution in [1.29, 1.82) is 0 Å².